The van der Waals surface area contributed by atoms with Gasteiger partial charge in [0.15, 0.2) is 0 Å². The van der Waals surface area contributed by atoms with Crippen molar-refractivity contribution in [3.8, 4) is 0 Å². The van der Waals surface area contributed by atoms with Crippen LogP contribution in [0.4, 0.5) is 13.2 Å². The highest BCUT2D eigenvalue weighted by molar-refractivity contribution is 5.79. The summed E-state index contributed by atoms with van der Waals surface area (Å²) in [7, 11) is 0. The van der Waals surface area contributed by atoms with E-state index in [4.69, 9.17) is 0 Å². The Kier molecular flexibility index (Phi) is 4.72. The van der Waals surface area contributed by atoms with Gasteiger partial charge in [0.05, 0.1) is 6.10 Å². The van der Waals surface area contributed by atoms with Crippen LogP contribution in [0.3, 0.4) is 0 Å². The zero-order chi connectivity index (χ0) is 19.6. The Labute approximate surface area is 160 Å². The van der Waals surface area contributed by atoms with Gasteiger partial charge in [-0.1, -0.05) is 13.8 Å². The van der Waals surface area contributed by atoms with Crippen LogP contribution in [0, 0.1) is 40.4 Å². The maximum Gasteiger partial charge on any atom is 0.522 e. The van der Waals surface area contributed by atoms with Gasteiger partial charge in [-0.15, -0.1) is 13.2 Å². The van der Waals surface area contributed by atoms with Crippen LogP contribution in [0.1, 0.15) is 78.6 Å². The predicted molar refractivity (Wildman–Crippen MR) is 96.8 cm³/mol. The van der Waals surface area contributed by atoms with Crippen molar-refractivity contribution in [3.05, 3.63) is 0 Å². The van der Waals surface area contributed by atoms with Gasteiger partial charge in [-0.2, -0.15) is 0 Å². The Balaban J connectivity index is 1.57. The molecule has 4 saturated carbocycles. The SMILES string of the molecule is CC(=O)C1CCC2C3CCC4CCC(OC(F)(F)F)CC4(C)C3CCC12C. The molecule has 0 spiro atoms. The molecular formula is C22H33F3O2. The van der Waals surface area contributed by atoms with Crippen molar-refractivity contribution in [1.29, 1.82) is 0 Å². The quantitative estimate of drug-likeness (QED) is 0.570. The molecular weight excluding hydrogens is 353 g/mol. The van der Waals surface area contributed by atoms with Gasteiger partial charge >= 0.3 is 6.36 Å². The first-order chi connectivity index (χ1) is 12.5. The number of ether oxygens (including phenoxy) is 1. The van der Waals surface area contributed by atoms with Gasteiger partial charge in [0.25, 0.3) is 0 Å². The molecule has 0 heterocycles. The molecule has 0 aliphatic heterocycles. The summed E-state index contributed by atoms with van der Waals surface area (Å²) in [6.45, 7) is 6.31. The van der Waals surface area contributed by atoms with Gasteiger partial charge in [0.2, 0.25) is 0 Å². The molecule has 0 aromatic heterocycles. The summed E-state index contributed by atoms with van der Waals surface area (Å²) < 4.78 is 42.9. The average molecular weight is 386 g/mol. The second kappa shape index (κ2) is 6.47. The fraction of sp³-hybridized carbons (Fsp3) is 0.955. The molecule has 2 nitrogen and oxygen atoms in total. The van der Waals surface area contributed by atoms with Crippen molar-refractivity contribution in [2.24, 2.45) is 40.4 Å². The summed E-state index contributed by atoms with van der Waals surface area (Å²) in [4.78, 5) is 12.2. The number of carbonyl (C=O) groups excluding carboxylic acids is 1. The Bertz CT molecular complexity index is 603. The fourth-order valence-corrected chi connectivity index (χ4v) is 8.26. The molecule has 0 N–H and O–H groups in total. The molecule has 0 saturated heterocycles. The second-order valence-corrected chi connectivity index (χ2v) is 10.4. The van der Waals surface area contributed by atoms with Gasteiger partial charge < -0.3 is 0 Å². The summed E-state index contributed by atoms with van der Waals surface area (Å²) in [5, 5.41) is 0. The Hall–Kier alpha value is -0.580. The van der Waals surface area contributed by atoms with Crippen molar-refractivity contribution in [2.45, 2.75) is 91.0 Å². The van der Waals surface area contributed by atoms with E-state index in [0.29, 0.717) is 42.3 Å². The number of fused-ring (bicyclic) bond motifs is 5. The first kappa shape index (κ1) is 19.7. The molecule has 8 unspecified atom stereocenters. The summed E-state index contributed by atoms with van der Waals surface area (Å²) >= 11 is 0. The third-order valence-electron chi connectivity index (χ3n) is 9.36. The van der Waals surface area contributed by atoms with E-state index in [1.165, 1.54) is 6.42 Å². The van der Waals surface area contributed by atoms with Gasteiger partial charge in [-0.3, -0.25) is 9.53 Å². The van der Waals surface area contributed by atoms with E-state index in [-0.39, 0.29) is 16.7 Å². The summed E-state index contributed by atoms with van der Waals surface area (Å²) in [6, 6.07) is 0. The zero-order valence-electron chi connectivity index (χ0n) is 16.8. The molecule has 0 aromatic carbocycles. The minimum Gasteiger partial charge on any atom is -0.300 e. The van der Waals surface area contributed by atoms with Crippen LogP contribution < -0.4 is 0 Å². The highest BCUT2D eigenvalue weighted by atomic mass is 19.4. The maximum atomic E-state index is 12.8. The molecule has 4 fully saturated rings. The summed E-state index contributed by atoms with van der Waals surface area (Å²) in [6.07, 6.45) is 3.27. The molecule has 0 amide bonds. The average Bonchev–Trinajstić information content (AvgIpc) is 2.90. The van der Waals surface area contributed by atoms with Crippen molar-refractivity contribution < 1.29 is 22.7 Å². The third-order valence-corrected chi connectivity index (χ3v) is 9.36. The lowest BCUT2D eigenvalue weighted by Crippen LogP contribution is -2.55. The maximum absolute atomic E-state index is 12.8. The third kappa shape index (κ3) is 3.16. The molecule has 4 aliphatic carbocycles. The van der Waals surface area contributed by atoms with E-state index in [9.17, 15) is 18.0 Å². The standard InChI is InChI=1S/C22H33F3O2/c1-13(26)17-8-9-18-16-7-5-14-4-6-15(27-22(23,24)25)12-21(14,3)19(16)10-11-20(17,18)2/h14-19H,4-12H2,1-3H3. The minimum atomic E-state index is -4.53. The Morgan fingerprint density at radius 3 is 2.26 bits per heavy atom. The summed E-state index contributed by atoms with van der Waals surface area (Å²) in [5.41, 5.74) is 0.0550. The molecule has 8 atom stereocenters. The highest BCUT2D eigenvalue weighted by Gasteiger charge is 2.61. The van der Waals surface area contributed by atoms with Crippen LogP contribution in [0.5, 0.6) is 0 Å². The zero-order valence-corrected chi connectivity index (χ0v) is 16.8. The fourth-order valence-electron chi connectivity index (χ4n) is 8.26. The van der Waals surface area contributed by atoms with Crippen LogP contribution in [0.15, 0.2) is 0 Å². The Morgan fingerprint density at radius 2 is 1.59 bits per heavy atom. The molecule has 4 rings (SSSR count). The summed E-state index contributed by atoms with van der Waals surface area (Å²) in [5.74, 6) is 2.66. The number of hydrogen-bond acceptors (Lipinski definition) is 2. The molecule has 4 aliphatic rings. The van der Waals surface area contributed by atoms with E-state index < -0.39 is 12.5 Å². The lowest BCUT2D eigenvalue weighted by Gasteiger charge is -2.61. The molecule has 0 radical (unpaired) electrons. The smallest absolute Gasteiger partial charge is 0.300 e. The molecule has 0 aromatic rings. The molecule has 27 heavy (non-hydrogen) atoms. The number of ketones is 1. The van der Waals surface area contributed by atoms with Crippen molar-refractivity contribution in [2.75, 3.05) is 0 Å². The van der Waals surface area contributed by atoms with E-state index in [0.717, 1.165) is 38.5 Å². The lowest BCUT2D eigenvalue weighted by molar-refractivity contribution is -0.351. The topological polar surface area (TPSA) is 26.3 Å². The largest absolute Gasteiger partial charge is 0.522 e. The van der Waals surface area contributed by atoms with Gasteiger partial charge in [-0.05, 0) is 99.2 Å². The number of halogens is 3. The van der Waals surface area contributed by atoms with Gasteiger partial charge in [-0.25, -0.2) is 0 Å². The predicted octanol–water partition coefficient (Wildman–Crippen LogP) is 6.14. The van der Waals surface area contributed by atoms with E-state index in [2.05, 4.69) is 18.6 Å². The van der Waals surface area contributed by atoms with Gasteiger partial charge in [0.1, 0.15) is 5.78 Å². The van der Waals surface area contributed by atoms with Crippen molar-refractivity contribution >= 4 is 5.78 Å². The number of Topliss-reactive ketones (excluding diaryl/α,β-unsaturated/α-hetero) is 1. The van der Waals surface area contributed by atoms with Gasteiger partial charge in [0, 0.05) is 5.92 Å². The molecule has 5 heteroatoms. The lowest BCUT2D eigenvalue weighted by atomic mass is 9.44. The number of rotatable bonds is 2. The second-order valence-electron chi connectivity index (χ2n) is 10.4. The molecule has 0 bridgehead atoms. The van der Waals surface area contributed by atoms with Crippen molar-refractivity contribution in [1.82, 2.24) is 0 Å². The first-order valence-electron chi connectivity index (χ1n) is 10.8. The van der Waals surface area contributed by atoms with E-state index in [1.807, 2.05) is 0 Å². The first-order valence-corrected chi connectivity index (χ1v) is 10.8. The monoisotopic (exact) mass is 386 g/mol. The van der Waals surface area contributed by atoms with E-state index in [1.54, 1.807) is 6.92 Å². The van der Waals surface area contributed by atoms with Crippen LogP contribution in [0.25, 0.3) is 0 Å². The van der Waals surface area contributed by atoms with Crippen LogP contribution >= 0.6 is 0 Å². The normalized spacial score (nSPS) is 49.9. The van der Waals surface area contributed by atoms with E-state index >= 15 is 0 Å². The highest BCUT2D eigenvalue weighted by Crippen LogP contribution is 2.67. The Morgan fingerprint density at radius 1 is 0.926 bits per heavy atom. The van der Waals surface area contributed by atoms with Crippen molar-refractivity contribution in [3.63, 3.8) is 0 Å². The number of carbonyl (C=O) groups is 1. The van der Waals surface area contributed by atoms with Crippen LogP contribution in [-0.2, 0) is 9.53 Å². The molecule has 154 valence electrons. The van der Waals surface area contributed by atoms with Crippen LogP contribution in [0.2, 0.25) is 0 Å². The minimum absolute atomic E-state index is 0.0489. The van der Waals surface area contributed by atoms with Crippen LogP contribution in [-0.4, -0.2) is 18.2 Å². The number of alkyl halides is 3. The number of hydrogen-bond donors (Lipinski definition) is 0.